The average molecular weight is 317 g/mol. The van der Waals surface area contributed by atoms with Gasteiger partial charge < -0.3 is 10.4 Å². The molecule has 0 radical (unpaired) electrons. The highest BCUT2D eigenvalue weighted by Gasteiger charge is 2.26. The molecule has 1 aromatic rings. The molecule has 1 amide bonds. The van der Waals surface area contributed by atoms with Crippen LogP contribution >= 0.6 is 0 Å². The quantitative estimate of drug-likeness (QED) is 0.806. The van der Waals surface area contributed by atoms with Crippen molar-refractivity contribution in [1.82, 2.24) is 15.1 Å². The molecule has 124 valence electrons. The Bertz CT molecular complexity index is 558. The van der Waals surface area contributed by atoms with E-state index >= 15 is 0 Å². The van der Waals surface area contributed by atoms with E-state index in [-0.39, 0.29) is 18.0 Å². The van der Waals surface area contributed by atoms with Gasteiger partial charge in [-0.15, -0.1) is 0 Å². The number of rotatable bonds is 7. The fourth-order valence-electron chi connectivity index (χ4n) is 2.21. The summed E-state index contributed by atoms with van der Waals surface area (Å²) < 4.78 is 26.1. The summed E-state index contributed by atoms with van der Waals surface area (Å²) in [5.41, 5.74) is 0.938. The maximum absolute atomic E-state index is 12.7. The fraction of sp³-hybridized carbons (Fsp3) is 0.643. The molecule has 8 heteroatoms. The van der Waals surface area contributed by atoms with E-state index in [1.165, 1.54) is 13.8 Å². The van der Waals surface area contributed by atoms with Gasteiger partial charge in [-0.1, -0.05) is 20.3 Å². The molecule has 0 aliphatic carbocycles. The summed E-state index contributed by atoms with van der Waals surface area (Å²) in [7, 11) is 0. The molecule has 2 N–H and O–H groups in total. The third-order valence-corrected chi connectivity index (χ3v) is 3.79. The molecule has 0 aromatic carbocycles. The van der Waals surface area contributed by atoms with Gasteiger partial charge in [0.25, 0.3) is 0 Å². The van der Waals surface area contributed by atoms with Gasteiger partial charge in [-0.2, -0.15) is 13.9 Å². The summed E-state index contributed by atoms with van der Waals surface area (Å²) in [6.45, 7) is 3.77. The Labute approximate surface area is 127 Å². The zero-order valence-corrected chi connectivity index (χ0v) is 13.1. The topological polar surface area (TPSA) is 84.2 Å². The van der Waals surface area contributed by atoms with Crippen LogP contribution < -0.4 is 5.32 Å². The number of carboxylic acids is 1. The van der Waals surface area contributed by atoms with Crippen molar-refractivity contribution < 1.29 is 23.5 Å². The molecule has 0 spiro atoms. The number of halogens is 2. The summed E-state index contributed by atoms with van der Waals surface area (Å²) >= 11 is 0. The van der Waals surface area contributed by atoms with Crippen LogP contribution in [0.4, 0.5) is 8.78 Å². The molecule has 22 heavy (non-hydrogen) atoms. The van der Waals surface area contributed by atoms with Crippen LogP contribution in [0.15, 0.2) is 0 Å². The number of aryl methyl sites for hydroxylation is 1. The van der Waals surface area contributed by atoms with Crippen LogP contribution in [0.5, 0.6) is 0 Å². The van der Waals surface area contributed by atoms with Gasteiger partial charge in [-0.3, -0.25) is 4.79 Å². The zero-order valence-electron chi connectivity index (χ0n) is 13.1. The average Bonchev–Trinajstić information content (AvgIpc) is 2.71. The zero-order chi connectivity index (χ0) is 17.0. The first-order valence-electron chi connectivity index (χ1n) is 7.03. The molecule has 0 bridgehead atoms. The number of carboxylic acid groups (broad SMARTS) is 1. The van der Waals surface area contributed by atoms with Crippen molar-refractivity contribution in [2.24, 2.45) is 5.92 Å². The van der Waals surface area contributed by atoms with Gasteiger partial charge in [-0.25, -0.2) is 9.48 Å². The number of nitrogens with zero attached hydrogens (tertiary/aromatic N) is 2. The molecule has 2 atom stereocenters. The molecular weight excluding hydrogens is 296 g/mol. The molecule has 0 unspecified atom stereocenters. The van der Waals surface area contributed by atoms with Crippen molar-refractivity contribution in [1.29, 1.82) is 0 Å². The standard InChI is InChI=1S/C14H21F2N3O3/c1-5-7(2)12(13(21)22)17-11(20)6-10-8(3)18-19(9(10)4)14(15)16/h7,12,14H,5-6H2,1-4H3,(H,17,20)(H,21,22)/t7-,12-/m0/s1. The minimum atomic E-state index is -2.78. The third-order valence-electron chi connectivity index (χ3n) is 3.79. The summed E-state index contributed by atoms with van der Waals surface area (Å²) in [6, 6.07) is -0.997. The lowest BCUT2D eigenvalue weighted by molar-refractivity contribution is -0.143. The van der Waals surface area contributed by atoms with E-state index in [9.17, 15) is 18.4 Å². The number of nitrogens with one attached hydrogen (secondary N) is 1. The highest BCUT2D eigenvalue weighted by Crippen LogP contribution is 2.20. The Morgan fingerprint density at radius 3 is 2.36 bits per heavy atom. The lowest BCUT2D eigenvalue weighted by atomic mass is 9.99. The minimum Gasteiger partial charge on any atom is -0.480 e. The predicted octanol–water partition coefficient (Wildman–Crippen LogP) is 2.05. The van der Waals surface area contributed by atoms with Gasteiger partial charge in [0.05, 0.1) is 12.1 Å². The Balaban J connectivity index is 2.87. The van der Waals surface area contributed by atoms with E-state index in [4.69, 9.17) is 5.11 Å². The second-order valence-electron chi connectivity index (χ2n) is 5.32. The first-order valence-corrected chi connectivity index (χ1v) is 7.03. The first-order chi connectivity index (χ1) is 10.2. The molecule has 0 fully saturated rings. The van der Waals surface area contributed by atoms with Gasteiger partial charge in [0, 0.05) is 11.3 Å². The van der Waals surface area contributed by atoms with Crippen LogP contribution in [-0.2, 0) is 16.0 Å². The highest BCUT2D eigenvalue weighted by atomic mass is 19.3. The monoisotopic (exact) mass is 317 g/mol. The molecule has 0 aliphatic rings. The third kappa shape index (κ3) is 4.02. The Morgan fingerprint density at radius 2 is 1.95 bits per heavy atom. The van der Waals surface area contributed by atoms with Gasteiger partial charge in [0.1, 0.15) is 6.04 Å². The van der Waals surface area contributed by atoms with Gasteiger partial charge in [0.2, 0.25) is 5.91 Å². The molecule has 0 saturated heterocycles. The van der Waals surface area contributed by atoms with E-state index < -0.39 is 24.5 Å². The minimum absolute atomic E-state index is 0.176. The van der Waals surface area contributed by atoms with E-state index in [1.807, 2.05) is 6.92 Å². The van der Waals surface area contributed by atoms with Crippen LogP contribution in [0.1, 0.15) is 43.8 Å². The number of aliphatic carboxylic acids is 1. The number of alkyl halides is 2. The van der Waals surface area contributed by atoms with Crippen molar-refractivity contribution in [3.63, 3.8) is 0 Å². The Morgan fingerprint density at radius 1 is 1.36 bits per heavy atom. The lowest BCUT2D eigenvalue weighted by Gasteiger charge is -2.20. The van der Waals surface area contributed by atoms with Gasteiger partial charge in [-0.05, 0) is 19.8 Å². The van der Waals surface area contributed by atoms with Crippen LogP contribution in [0.2, 0.25) is 0 Å². The number of carbonyl (C=O) groups excluding carboxylic acids is 1. The molecule has 6 nitrogen and oxygen atoms in total. The maximum Gasteiger partial charge on any atom is 0.333 e. The fourth-order valence-corrected chi connectivity index (χ4v) is 2.21. The molecule has 1 aromatic heterocycles. The van der Waals surface area contributed by atoms with E-state index in [1.54, 1.807) is 6.92 Å². The largest absolute Gasteiger partial charge is 0.480 e. The van der Waals surface area contributed by atoms with Crippen LogP contribution in [0, 0.1) is 19.8 Å². The van der Waals surface area contributed by atoms with Crippen molar-refractivity contribution in [3.8, 4) is 0 Å². The number of hydrogen-bond acceptors (Lipinski definition) is 3. The normalized spacial score (nSPS) is 14.0. The maximum atomic E-state index is 12.7. The van der Waals surface area contributed by atoms with E-state index in [0.717, 1.165) is 0 Å². The van der Waals surface area contributed by atoms with Crippen LogP contribution in [-0.4, -0.2) is 32.8 Å². The van der Waals surface area contributed by atoms with Crippen molar-refractivity contribution in [3.05, 3.63) is 17.0 Å². The summed E-state index contributed by atoms with van der Waals surface area (Å²) in [4.78, 5) is 23.2. The van der Waals surface area contributed by atoms with Crippen LogP contribution in [0.3, 0.4) is 0 Å². The van der Waals surface area contributed by atoms with Gasteiger partial charge in [0.15, 0.2) is 0 Å². The Hall–Kier alpha value is -1.99. The molecule has 0 aliphatic heterocycles. The van der Waals surface area contributed by atoms with Gasteiger partial charge >= 0.3 is 12.5 Å². The molecule has 1 heterocycles. The van der Waals surface area contributed by atoms with Crippen molar-refractivity contribution in [2.75, 3.05) is 0 Å². The molecule has 0 saturated carbocycles. The molecule has 1 rings (SSSR count). The summed E-state index contributed by atoms with van der Waals surface area (Å²) in [5.74, 6) is -1.86. The number of amides is 1. The number of carbonyl (C=O) groups is 2. The predicted molar refractivity (Wildman–Crippen MR) is 75.7 cm³/mol. The lowest BCUT2D eigenvalue weighted by Crippen LogP contribution is -2.45. The molecular formula is C14H21F2N3O3. The summed E-state index contributed by atoms with van der Waals surface area (Å²) in [6.07, 6.45) is 0.420. The number of aromatic nitrogens is 2. The first kappa shape index (κ1) is 18.1. The van der Waals surface area contributed by atoms with Crippen molar-refractivity contribution in [2.45, 2.75) is 53.1 Å². The number of hydrogen-bond donors (Lipinski definition) is 2. The SMILES string of the molecule is CC[C@H](C)[C@H](NC(=O)Cc1c(C)nn(C(F)F)c1C)C(=O)O. The second-order valence-corrected chi connectivity index (χ2v) is 5.32. The second kappa shape index (κ2) is 7.33. The Kier molecular flexibility index (Phi) is 6.01. The van der Waals surface area contributed by atoms with Crippen LogP contribution in [0.25, 0.3) is 0 Å². The smallest absolute Gasteiger partial charge is 0.333 e. The van der Waals surface area contributed by atoms with E-state index in [2.05, 4.69) is 10.4 Å². The summed E-state index contributed by atoms with van der Waals surface area (Å²) in [5, 5.41) is 15.3. The highest BCUT2D eigenvalue weighted by molar-refractivity contribution is 5.85. The van der Waals surface area contributed by atoms with Crippen molar-refractivity contribution >= 4 is 11.9 Å². The van der Waals surface area contributed by atoms with E-state index in [0.29, 0.717) is 22.4 Å².